The van der Waals surface area contributed by atoms with Crippen LogP contribution in [0.1, 0.15) is 57.3 Å². The lowest BCUT2D eigenvalue weighted by Crippen LogP contribution is -2.56. The molecule has 134 valence electrons. The molecule has 1 saturated carbocycles. The molecule has 0 bridgehead atoms. The summed E-state index contributed by atoms with van der Waals surface area (Å²) < 4.78 is 0. The van der Waals surface area contributed by atoms with E-state index in [-0.39, 0.29) is 24.3 Å². The van der Waals surface area contributed by atoms with Crippen LogP contribution in [0.2, 0.25) is 0 Å². The van der Waals surface area contributed by atoms with Crippen LogP contribution in [0, 0.1) is 24.7 Å². The van der Waals surface area contributed by atoms with Gasteiger partial charge in [0.05, 0.1) is 6.10 Å². The van der Waals surface area contributed by atoms with Crippen LogP contribution >= 0.6 is 0 Å². The molecular weight excluding hydrogens is 302 g/mol. The number of hydrogen-bond acceptors (Lipinski definition) is 3. The molecule has 1 aromatic carbocycles. The van der Waals surface area contributed by atoms with Crippen LogP contribution in [0.15, 0.2) is 24.3 Å². The molecule has 2 rings (SSSR count). The Labute approximate surface area is 145 Å². The predicted octanol–water partition coefficient (Wildman–Crippen LogP) is 2.97. The molecule has 4 unspecified atom stereocenters. The van der Waals surface area contributed by atoms with Gasteiger partial charge in [0.15, 0.2) is 0 Å². The molecular formula is C20H31NO3. The highest BCUT2D eigenvalue weighted by atomic mass is 16.3. The Morgan fingerprint density at radius 2 is 2.08 bits per heavy atom. The molecule has 1 aliphatic carbocycles. The molecule has 0 aromatic heterocycles. The van der Waals surface area contributed by atoms with Crippen molar-refractivity contribution >= 4 is 5.91 Å². The number of rotatable bonds is 5. The third-order valence-corrected chi connectivity index (χ3v) is 5.32. The number of aliphatic hydroxyl groups is 2. The number of hydrogen-bond donors (Lipinski definition) is 3. The number of nitrogens with one attached hydrogen (secondary N) is 1. The number of carbonyl (C=O) groups excluding carboxylic acids is 1. The number of carbonyl (C=O) groups is 1. The number of aryl methyl sites for hydroxylation is 1. The zero-order valence-corrected chi connectivity index (χ0v) is 15.2. The van der Waals surface area contributed by atoms with E-state index in [1.807, 2.05) is 31.2 Å². The number of aliphatic hydroxyl groups excluding tert-OH is 1. The summed E-state index contributed by atoms with van der Waals surface area (Å²) in [6.07, 6.45) is 1.63. The molecule has 0 aliphatic heterocycles. The molecule has 4 heteroatoms. The van der Waals surface area contributed by atoms with Crippen LogP contribution in [0.25, 0.3) is 0 Å². The lowest BCUT2D eigenvalue weighted by atomic mass is 9.66. The average Bonchev–Trinajstić information content (AvgIpc) is 2.51. The third-order valence-electron chi connectivity index (χ3n) is 5.32. The van der Waals surface area contributed by atoms with Crippen molar-refractivity contribution < 1.29 is 15.0 Å². The molecule has 1 fully saturated rings. The van der Waals surface area contributed by atoms with Crippen LogP contribution in [0.5, 0.6) is 0 Å². The van der Waals surface area contributed by atoms with Gasteiger partial charge in [0.25, 0.3) is 5.91 Å². The summed E-state index contributed by atoms with van der Waals surface area (Å²) in [6, 6.07) is 7.61. The summed E-state index contributed by atoms with van der Waals surface area (Å²) >= 11 is 0. The minimum Gasteiger partial charge on any atom is -0.387 e. The number of benzene rings is 1. The molecule has 1 aliphatic rings. The largest absolute Gasteiger partial charge is 0.387 e. The van der Waals surface area contributed by atoms with Gasteiger partial charge in [-0.15, -0.1) is 0 Å². The van der Waals surface area contributed by atoms with Gasteiger partial charge in [-0.2, -0.15) is 0 Å². The maximum atomic E-state index is 12.7. The highest BCUT2D eigenvalue weighted by Gasteiger charge is 2.48. The van der Waals surface area contributed by atoms with E-state index < -0.39 is 11.7 Å². The van der Waals surface area contributed by atoms with Gasteiger partial charge in [-0.1, -0.05) is 57.0 Å². The minimum atomic E-state index is -1.34. The minimum absolute atomic E-state index is 0.0372. The van der Waals surface area contributed by atoms with Crippen LogP contribution in [0.4, 0.5) is 0 Å². The molecule has 24 heavy (non-hydrogen) atoms. The van der Waals surface area contributed by atoms with Crippen LogP contribution in [0.3, 0.4) is 0 Å². The molecule has 4 atom stereocenters. The van der Waals surface area contributed by atoms with Crippen molar-refractivity contribution in [1.29, 1.82) is 0 Å². The quantitative estimate of drug-likeness (QED) is 0.776. The molecule has 0 spiro atoms. The van der Waals surface area contributed by atoms with E-state index in [1.165, 1.54) is 0 Å². The average molecular weight is 333 g/mol. The Hall–Kier alpha value is -1.39. The van der Waals surface area contributed by atoms with Crippen molar-refractivity contribution in [2.24, 2.45) is 17.8 Å². The van der Waals surface area contributed by atoms with Crippen molar-refractivity contribution in [3.8, 4) is 0 Å². The van der Waals surface area contributed by atoms with Crippen LogP contribution < -0.4 is 5.32 Å². The Morgan fingerprint density at radius 3 is 2.71 bits per heavy atom. The second-order valence-corrected chi connectivity index (χ2v) is 7.80. The van der Waals surface area contributed by atoms with Crippen molar-refractivity contribution in [1.82, 2.24) is 5.32 Å². The molecule has 1 amide bonds. The van der Waals surface area contributed by atoms with Crippen molar-refractivity contribution in [3.05, 3.63) is 35.4 Å². The van der Waals surface area contributed by atoms with E-state index >= 15 is 0 Å². The zero-order valence-electron chi connectivity index (χ0n) is 15.2. The van der Waals surface area contributed by atoms with Crippen molar-refractivity contribution in [2.45, 2.75) is 58.7 Å². The normalized spacial score (nSPS) is 28.6. The number of amides is 1. The van der Waals surface area contributed by atoms with Crippen LogP contribution in [-0.2, 0) is 4.79 Å². The molecule has 0 heterocycles. The fourth-order valence-electron chi connectivity index (χ4n) is 3.97. The monoisotopic (exact) mass is 333 g/mol. The molecule has 1 aromatic rings. The first-order valence-electron chi connectivity index (χ1n) is 8.99. The highest BCUT2D eigenvalue weighted by Crippen LogP contribution is 2.41. The molecule has 3 N–H and O–H groups in total. The molecule has 0 saturated heterocycles. The zero-order chi connectivity index (χ0) is 17.9. The maximum absolute atomic E-state index is 12.7. The van der Waals surface area contributed by atoms with E-state index in [2.05, 4.69) is 26.1 Å². The standard InChI is InChI=1S/C20H31NO3/c1-13(2)17-9-8-15(4)11-20(17,24)19(23)21-12-18(22)16-7-5-6-14(3)10-16/h5-7,10,13,15,17-18,22,24H,8-9,11-12H2,1-4H3,(H,21,23). The summed E-state index contributed by atoms with van der Waals surface area (Å²) in [5.74, 6) is 0.191. The van der Waals surface area contributed by atoms with Gasteiger partial charge in [-0.25, -0.2) is 0 Å². The Morgan fingerprint density at radius 1 is 1.38 bits per heavy atom. The predicted molar refractivity (Wildman–Crippen MR) is 95.4 cm³/mol. The first-order valence-corrected chi connectivity index (χ1v) is 8.99. The third kappa shape index (κ3) is 4.17. The lowest BCUT2D eigenvalue weighted by molar-refractivity contribution is -0.156. The van der Waals surface area contributed by atoms with Crippen molar-refractivity contribution in [3.63, 3.8) is 0 Å². The second-order valence-electron chi connectivity index (χ2n) is 7.80. The van der Waals surface area contributed by atoms with Gasteiger partial charge in [0, 0.05) is 6.54 Å². The summed E-state index contributed by atoms with van der Waals surface area (Å²) in [4.78, 5) is 12.7. The topological polar surface area (TPSA) is 69.6 Å². The Bertz CT molecular complexity index is 572. The van der Waals surface area contributed by atoms with E-state index in [0.717, 1.165) is 24.0 Å². The van der Waals surface area contributed by atoms with E-state index in [0.29, 0.717) is 12.3 Å². The van der Waals surface area contributed by atoms with E-state index in [9.17, 15) is 15.0 Å². The van der Waals surface area contributed by atoms with Gasteiger partial charge < -0.3 is 15.5 Å². The smallest absolute Gasteiger partial charge is 0.252 e. The summed E-state index contributed by atoms with van der Waals surface area (Å²) in [7, 11) is 0. The van der Waals surface area contributed by atoms with Gasteiger partial charge in [-0.05, 0) is 43.1 Å². The van der Waals surface area contributed by atoms with Gasteiger partial charge in [-0.3, -0.25) is 4.79 Å². The van der Waals surface area contributed by atoms with Crippen LogP contribution in [-0.4, -0.2) is 28.3 Å². The fourth-order valence-corrected chi connectivity index (χ4v) is 3.97. The summed E-state index contributed by atoms with van der Waals surface area (Å²) in [6.45, 7) is 8.27. The summed E-state index contributed by atoms with van der Waals surface area (Å²) in [5.41, 5.74) is 0.509. The van der Waals surface area contributed by atoms with Gasteiger partial charge >= 0.3 is 0 Å². The lowest BCUT2D eigenvalue weighted by Gasteiger charge is -2.43. The molecule has 0 radical (unpaired) electrons. The van der Waals surface area contributed by atoms with E-state index in [1.54, 1.807) is 0 Å². The fraction of sp³-hybridized carbons (Fsp3) is 0.650. The first-order chi connectivity index (χ1) is 11.2. The second kappa shape index (κ2) is 7.66. The Kier molecular flexibility index (Phi) is 6.05. The first kappa shape index (κ1) is 18.9. The molecule has 4 nitrogen and oxygen atoms in total. The SMILES string of the molecule is Cc1cccc(C(O)CNC(=O)C2(O)CC(C)CCC2C(C)C)c1. The summed E-state index contributed by atoms with van der Waals surface area (Å²) in [5, 5.41) is 24.2. The van der Waals surface area contributed by atoms with Crippen molar-refractivity contribution in [2.75, 3.05) is 6.54 Å². The maximum Gasteiger partial charge on any atom is 0.252 e. The van der Waals surface area contributed by atoms with Gasteiger partial charge in [0.1, 0.15) is 5.60 Å². The Balaban J connectivity index is 2.04. The highest BCUT2D eigenvalue weighted by molar-refractivity contribution is 5.85. The van der Waals surface area contributed by atoms with Gasteiger partial charge in [0.2, 0.25) is 0 Å². The van der Waals surface area contributed by atoms with E-state index in [4.69, 9.17) is 0 Å².